The fourth-order valence-electron chi connectivity index (χ4n) is 4.65. The maximum atomic E-state index is 14.1. The van der Waals surface area contributed by atoms with Gasteiger partial charge < -0.3 is 14.3 Å². The summed E-state index contributed by atoms with van der Waals surface area (Å²) in [4.78, 5) is 15.4. The zero-order valence-corrected chi connectivity index (χ0v) is 18.5. The summed E-state index contributed by atoms with van der Waals surface area (Å²) in [6.45, 7) is 0.169. The SMILES string of the molecule is COc1ccccc1-c1c(C(F)(F)F)oc2c(CN(C)C3CCCCC3)c(O)ccc2c1=O. The van der Waals surface area contributed by atoms with Gasteiger partial charge in [-0.15, -0.1) is 0 Å². The topological polar surface area (TPSA) is 62.9 Å². The number of phenols is 1. The fourth-order valence-corrected chi connectivity index (χ4v) is 4.65. The summed E-state index contributed by atoms with van der Waals surface area (Å²) < 4.78 is 53.0. The minimum absolute atomic E-state index is 0.00285. The Hall–Kier alpha value is -3.00. The first-order valence-corrected chi connectivity index (χ1v) is 10.9. The molecule has 33 heavy (non-hydrogen) atoms. The standard InChI is InChI=1S/C25H26F3NO4/c1-29(15-8-4-3-5-9-15)14-18-19(30)13-12-17-22(31)21(16-10-6-7-11-20(16)32-2)24(25(26,27)28)33-23(17)18/h6-7,10-13,15,30H,3-5,8-9,14H2,1-2H3. The molecule has 1 fully saturated rings. The van der Waals surface area contributed by atoms with E-state index in [9.17, 15) is 23.1 Å². The van der Waals surface area contributed by atoms with Crippen LogP contribution in [0, 0.1) is 0 Å². The predicted octanol–water partition coefficient (Wildman–Crippen LogP) is 5.96. The van der Waals surface area contributed by atoms with Gasteiger partial charge in [0.2, 0.25) is 11.2 Å². The summed E-state index contributed by atoms with van der Waals surface area (Å²) in [6.07, 6.45) is 0.384. The summed E-state index contributed by atoms with van der Waals surface area (Å²) in [5.74, 6) is -1.48. The van der Waals surface area contributed by atoms with Crippen LogP contribution in [0.3, 0.4) is 0 Å². The van der Waals surface area contributed by atoms with Crippen molar-refractivity contribution < 1.29 is 27.4 Å². The van der Waals surface area contributed by atoms with Crippen molar-refractivity contribution >= 4 is 11.0 Å². The van der Waals surface area contributed by atoms with Crippen LogP contribution in [-0.2, 0) is 12.7 Å². The summed E-state index contributed by atoms with van der Waals surface area (Å²) >= 11 is 0. The largest absolute Gasteiger partial charge is 0.507 e. The van der Waals surface area contributed by atoms with Gasteiger partial charge >= 0.3 is 6.18 Å². The summed E-state index contributed by atoms with van der Waals surface area (Å²) in [5.41, 5.74) is -1.50. The first-order valence-electron chi connectivity index (χ1n) is 10.9. The molecule has 1 N–H and O–H groups in total. The van der Waals surface area contributed by atoms with E-state index in [-0.39, 0.29) is 46.2 Å². The highest BCUT2D eigenvalue weighted by atomic mass is 19.4. The molecule has 2 aromatic carbocycles. The predicted molar refractivity (Wildman–Crippen MR) is 119 cm³/mol. The molecule has 0 unspecified atom stereocenters. The molecule has 0 amide bonds. The lowest BCUT2D eigenvalue weighted by molar-refractivity contribution is -0.152. The van der Waals surface area contributed by atoms with E-state index in [1.165, 1.54) is 43.9 Å². The Morgan fingerprint density at radius 3 is 2.48 bits per heavy atom. The van der Waals surface area contributed by atoms with Crippen LogP contribution in [0.15, 0.2) is 45.6 Å². The highest BCUT2D eigenvalue weighted by Gasteiger charge is 2.40. The van der Waals surface area contributed by atoms with Crippen LogP contribution < -0.4 is 10.2 Å². The van der Waals surface area contributed by atoms with E-state index in [2.05, 4.69) is 0 Å². The molecule has 1 saturated carbocycles. The van der Waals surface area contributed by atoms with E-state index in [1.54, 1.807) is 6.07 Å². The molecule has 0 saturated heterocycles. The third-order valence-electron chi connectivity index (χ3n) is 6.38. The average molecular weight is 461 g/mol. The van der Waals surface area contributed by atoms with Gasteiger partial charge in [0, 0.05) is 18.2 Å². The molecule has 1 aliphatic rings. The highest BCUT2D eigenvalue weighted by molar-refractivity contribution is 5.87. The van der Waals surface area contributed by atoms with Gasteiger partial charge in [0.05, 0.1) is 23.6 Å². The molecule has 3 aromatic rings. The quantitative estimate of drug-likeness (QED) is 0.508. The van der Waals surface area contributed by atoms with Crippen LogP contribution in [-0.4, -0.2) is 30.2 Å². The van der Waals surface area contributed by atoms with Crippen molar-refractivity contribution in [3.8, 4) is 22.6 Å². The molecule has 1 heterocycles. The van der Waals surface area contributed by atoms with Gasteiger partial charge in [-0.3, -0.25) is 9.69 Å². The van der Waals surface area contributed by atoms with Crippen LogP contribution in [0.2, 0.25) is 0 Å². The molecule has 0 bridgehead atoms. The van der Waals surface area contributed by atoms with Gasteiger partial charge in [-0.2, -0.15) is 13.2 Å². The number of phenolic OH excluding ortho intramolecular Hbond substituents is 1. The van der Waals surface area contributed by atoms with Crippen LogP contribution in [0.1, 0.15) is 43.4 Å². The molecular weight excluding hydrogens is 435 g/mol. The molecule has 8 heteroatoms. The Bertz CT molecular complexity index is 1210. The molecule has 0 radical (unpaired) electrons. The van der Waals surface area contributed by atoms with E-state index in [4.69, 9.17) is 9.15 Å². The number of alkyl halides is 3. The molecule has 0 spiro atoms. The summed E-state index contributed by atoms with van der Waals surface area (Å²) in [7, 11) is 3.20. The molecule has 1 aromatic heterocycles. The normalized spacial score (nSPS) is 15.3. The molecular formula is C25H26F3NO4. The van der Waals surface area contributed by atoms with Gasteiger partial charge in [-0.1, -0.05) is 37.5 Å². The maximum absolute atomic E-state index is 14.1. The van der Waals surface area contributed by atoms with Crippen molar-refractivity contribution in [1.29, 1.82) is 0 Å². The first kappa shape index (κ1) is 23.2. The molecule has 5 nitrogen and oxygen atoms in total. The first-order chi connectivity index (χ1) is 15.7. The van der Waals surface area contributed by atoms with Crippen LogP contribution in [0.5, 0.6) is 11.5 Å². The number of methoxy groups -OCH3 is 1. The number of fused-ring (bicyclic) bond motifs is 1. The zero-order chi connectivity index (χ0) is 23.8. The maximum Gasteiger partial charge on any atom is 0.450 e. The van der Waals surface area contributed by atoms with Crippen LogP contribution in [0.4, 0.5) is 13.2 Å². The number of hydrogen-bond acceptors (Lipinski definition) is 5. The monoisotopic (exact) mass is 461 g/mol. The van der Waals surface area contributed by atoms with E-state index < -0.39 is 22.9 Å². The van der Waals surface area contributed by atoms with Crippen LogP contribution in [0.25, 0.3) is 22.1 Å². The van der Waals surface area contributed by atoms with Crippen molar-refractivity contribution in [2.75, 3.05) is 14.2 Å². The van der Waals surface area contributed by atoms with Crippen molar-refractivity contribution in [1.82, 2.24) is 4.90 Å². The van der Waals surface area contributed by atoms with E-state index >= 15 is 0 Å². The van der Waals surface area contributed by atoms with Crippen molar-refractivity contribution in [2.45, 2.75) is 50.9 Å². The third kappa shape index (κ3) is 4.44. The van der Waals surface area contributed by atoms with E-state index in [1.807, 2.05) is 11.9 Å². The number of ether oxygens (including phenoxy) is 1. The highest BCUT2D eigenvalue weighted by Crippen LogP contribution is 2.41. The van der Waals surface area contributed by atoms with E-state index in [0.717, 1.165) is 25.7 Å². The average Bonchev–Trinajstić information content (AvgIpc) is 2.80. The van der Waals surface area contributed by atoms with E-state index in [0.29, 0.717) is 0 Å². The fraction of sp³-hybridized carbons (Fsp3) is 0.400. The third-order valence-corrected chi connectivity index (χ3v) is 6.38. The molecule has 4 rings (SSSR count). The number of para-hydroxylation sites is 1. The number of hydrogen-bond donors (Lipinski definition) is 1. The number of nitrogens with zero attached hydrogens (tertiary/aromatic N) is 1. The number of rotatable bonds is 5. The number of halogens is 3. The second kappa shape index (κ2) is 9.09. The van der Waals surface area contributed by atoms with Crippen LogP contribution >= 0.6 is 0 Å². The Morgan fingerprint density at radius 2 is 1.82 bits per heavy atom. The zero-order valence-electron chi connectivity index (χ0n) is 18.5. The Balaban J connectivity index is 1.93. The Morgan fingerprint density at radius 1 is 1.12 bits per heavy atom. The molecule has 176 valence electrons. The molecule has 0 aliphatic heterocycles. The Labute approximate surface area is 189 Å². The minimum atomic E-state index is -4.93. The second-order valence-electron chi connectivity index (χ2n) is 8.48. The van der Waals surface area contributed by atoms with Crippen molar-refractivity contribution in [3.05, 3.63) is 57.9 Å². The van der Waals surface area contributed by atoms with Gasteiger partial charge in [-0.25, -0.2) is 0 Å². The van der Waals surface area contributed by atoms with Gasteiger partial charge in [0.25, 0.3) is 0 Å². The van der Waals surface area contributed by atoms with Gasteiger partial charge in [0.15, 0.2) is 0 Å². The lowest BCUT2D eigenvalue weighted by Crippen LogP contribution is -2.33. The Kier molecular flexibility index (Phi) is 6.38. The van der Waals surface area contributed by atoms with Crippen molar-refractivity contribution in [2.24, 2.45) is 0 Å². The van der Waals surface area contributed by atoms with Crippen molar-refractivity contribution in [3.63, 3.8) is 0 Å². The summed E-state index contributed by atoms with van der Waals surface area (Å²) in [5, 5.41) is 10.5. The van der Waals surface area contributed by atoms with Gasteiger partial charge in [0.1, 0.15) is 17.1 Å². The van der Waals surface area contributed by atoms with Gasteiger partial charge in [-0.05, 0) is 38.1 Å². The number of benzene rings is 2. The second-order valence-corrected chi connectivity index (χ2v) is 8.48. The lowest BCUT2D eigenvalue weighted by Gasteiger charge is -2.31. The minimum Gasteiger partial charge on any atom is -0.507 e. The summed E-state index contributed by atoms with van der Waals surface area (Å²) in [6, 6.07) is 8.92. The lowest BCUT2D eigenvalue weighted by atomic mass is 9.94. The number of aromatic hydroxyl groups is 1. The smallest absolute Gasteiger partial charge is 0.450 e. The molecule has 1 aliphatic carbocycles. The molecule has 0 atom stereocenters.